The molecule has 1 N–H and O–H groups in total. The van der Waals surface area contributed by atoms with Crippen molar-refractivity contribution in [2.75, 3.05) is 36.6 Å². The zero-order chi connectivity index (χ0) is 13.7. The van der Waals surface area contributed by atoms with Gasteiger partial charge in [-0.25, -0.2) is 9.97 Å². The van der Waals surface area contributed by atoms with Crippen LogP contribution in [0.2, 0.25) is 0 Å². The normalized spacial score (nSPS) is 15.7. The smallest absolute Gasteiger partial charge is 0.191 e. The maximum absolute atomic E-state index is 4.61. The monoisotopic (exact) mass is 280 g/mol. The molecular weight excluding hydrogens is 256 g/mol. The minimum absolute atomic E-state index is 0.834. The van der Waals surface area contributed by atoms with Crippen molar-refractivity contribution in [3.8, 4) is 0 Å². The number of nitrogens with one attached hydrogen (secondary N) is 1. The Morgan fingerprint density at radius 2 is 2.11 bits per heavy atom. The van der Waals surface area contributed by atoms with Gasteiger partial charge in [0.25, 0.3) is 0 Å². The van der Waals surface area contributed by atoms with Crippen LogP contribution in [-0.4, -0.2) is 36.4 Å². The molecule has 0 spiro atoms. The Balaban J connectivity index is 2.09. The number of rotatable bonds is 6. The molecule has 1 aromatic heterocycles. The van der Waals surface area contributed by atoms with E-state index in [1.165, 1.54) is 25.7 Å². The molecule has 0 bridgehead atoms. The number of hydrogen-bond acceptors (Lipinski definition) is 5. The fraction of sp³-hybridized carbons (Fsp3) is 0.714. The average molecular weight is 280 g/mol. The number of aromatic nitrogens is 2. The van der Waals surface area contributed by atoms with Crippen LogP contribution in [0.5, 0.6) is 0 Å². The van der Waals surface area contributed by atoms with Crippen molar-refractivity contribution < 1.29 is 0 Å². The molecule has 0 unspecified atom stereocenters. The summed E-state index contributed by atoms with van der Waals surface area (Å²) in [6.45, 7) is 4.08. The topological polar surface area (TPSA) is 41.0 Å². The van der Waals surface area contributed by atoms with Gasteiger partial charge in [-0.1, -0.05) is 24.6 Å². The minimum Gasteiger partial charge on any atom is -0.370 e. The van der Waals surface area contributed by atoms with E-state index in [-0.39, 0.29) is 0 Å². The summed E-state index contributed by atoms with van der Waals surface area (Å²) in [6, 6.07) is 2.05. The van der Waals surface area contributed by atoms with E-state index in [0.29, 0.717) is 0 Å². The SMILES string of the molecule is CCNc1cc(N(C)CC2CCCC2)nc(SC)n1. The van der Waals surface area contributed by atoms with Crippen LogP contribution in [0.4, 0.5) is 11.6 Å². The molecule has 0 radical (unpaired) electrons. The van der Waals surface area contributed by atoms with Crippen molar-refractivity contribution in [1.82, 2.24) is 9.97 Å². The van der Waals surface area contributed by atoms with Crippen molar-refractivity contribution in [2.45, 2.75) is 37.8 Å². The molecule has 0 aromatic carbocycles. The Kier molecular flexibility index (Phi) is 5.31. The van der Waals surface area contributed by atoms with Gasteiger partial charge in [0.1, 0.15) is 11.6 Å². The van der Waals surface area contributed by atoms with Gasteiger partial charge in [-0.05, 0) is 31.9 Å². The van der Waals surface area contributed by atoms with E-state index < -0.39 is 0 Å². The molecule has 1 aliphatic rings. The fourth-order valence-electron chi connectivity index (χ4n) is 2.65. The molecule has 106 valence electrons. The summed E-state index contributed by atoms with van der Waals surface area (Å²) in [4.78, 5) is 11.4. The van der Waals surface area contributed by atoms with Crippen molar-refractivity contribution in [1.29, 1.82) is 0 Å². The fourth-order valence-corrected chi connectivity index (χ4v) is 3.02. The Morgan fingerprint density at radius 3 is 2.74 bits per heavy atom. The van der Waals surface area contributed by atoms with Crippen LogP contribution in [0, 0.1) is 5.92 Å². The van der Waals surface area contributed by atoms with Crippen molar-refractivity contribution in [3.63, 3.8) is 0 Å². The van der Waals surface area contributed by atoms with Gasteiger partial charge in [-0.15, -0.1) is 0 Å². The first-order valence-corrected chi connectivity index (χ1v) is 8.33. The van der Waals surface area contributed by atoms with Crippen LogP contribution in [0.3, 0.4) is 0 Å². The minimum atomic E-state index is 0.834. The molecule has 0 amide bonds. The number of nitrogens with zero attached hydrogens (tertiary/aromatic N) is 3. The third-order valence-corrected chi connectivity index (χ3v) is 4.18. The molecule has 1 saturated carbocycles. The first kappa shape index (κ1) is 14.4. The zero-order valence-corrected chi connectivity index (χ0v) is 13.0. The maximum Gasteiger partial charge on any atom is 0.191 e. The second-order valence-electron chi connectivity index (χ2n) is 5.16. The van der Waals surface area contributed by atoms with E-state index >= 15 is 0 Å². The summed E-state index contributed by atoms with van der Waals surface area (Å²) in [5.74, 6) is 2.79. The van der Waals surface area contributed by atoms with Crippen LogP contribution in [0.25, 0.3) is 0 Å². The maximum atomic E-state index is 4.61. The van der Waals surface area contributed by atoms with Gasteiger partial charge in [0.05, 0.1) is 0 Å². The second kappa shape index (κ2) is 6.98. The number of thioether (sulfide) groups is 1. The molecule has 1 aromatic rings. The highest BCUT2D eigenvalue weighted by molar-refractivity contribution is 7.98. The lowest BCUT2D eigenvalue weighted by Gasteiger charge is -2.22. The average Bonchev–Trinajstić information content (AvgIpc) is 2.91. The van der Waals surface area contributed by atoms with E-state index in [0.717, 1.165) is 35.8 Å². The van der Waals surface area contributed by atoms with Gasteiger partial charge in [0.15, 0.2) is 5.16 Å². The van der Waals surface area contributed by atoms with Crippen LogP contribution in [0.1, 0.15) is 32.6 Å². The molecule has 1 aliphatic carbocycles. The van der Waals surface area contributed by atoms with Crippen molar-refractivity contribution in [3.05, 3.63) is 6.07 Å². The third-order valence-electron chi connectivity index (χ3n) is 3.63. The Labute approximate surface area is 120 Å². The second-order valence-corrected chi connectivity index (χ2v) is 5.93. The summed E-state index contributed by atoms with van der Waals surface area (Å²) in [7, 11) is 2.14. The van der Waals surface area contributed by atoms with E-state index in [9.17, 15) is 0 Å². The lowest BCUT2D eigenvalue weighted by molar-refractivity contribution is 0.544. The van der Waals surface area contributed by atoms with E-state index in [1.807, 2.05) is 6.26 Å². The molecule has 0 aliphatic heterocycles. The zero-order valence-electron chi connectivity index (χ0n) is 12.1. The molecule has 2 rings (SSSR count). The summed E-state index contributed by atoms with van der Waals surface area (Å²) in [5.41, 5.74) is 0. The first-order chi connectivity index (χ1) is 9.22. The summed E-state index contributed by atoms with van der Waals surface area (Å²) >= 11 is 1.59. The van der Waals surface area contributed by atoms with Crippen molar-refractivity contribution in [2.24, 2.45) is 5.92 Å². The predicted octanol–water partition coefficient (Wildman–Crippen LogP) is 3.26. The van der Waals surface area contributed by atoms with Crippen molar-refractivity contribution >= 4 is 23.4 Å². The largest absolute Gasteiger partial charge is 0.370 e. The summed E-state index contributed by atoms with van der Waals surface area (Å²) in [6.07, 6.45) is 7.53. The molecule has 4 nitrogen and oxygen atoms in total. The van der Waals surface area contributed by atoms with Crippen LogP contribution >= 0.6 is 11.8 Å². The highest BCUT2D eigenvalue weighted by Crippen LogP contribution is 2.27. The first-order valence-electron chi connectivity index (χ1n) is 7.11. The Bertz CT molecular complexity index is 404. The lowest BCUT2D eigenvalue weighted by atomic mass is 10.1. The van der Waals surface area contributed by atoms with E-state index in [4.69, 9.17) is 0 Å². The van der Waals surface area contributed by atoms with Gasteiger partial charge in [-0.3, -0.25) is 0 Å². The van der Waals surface area contributed by atoms with Gasteiger partial charge in [0, 0.05) is 26.2 Å². The lowest BCUT2D eigenvalue weighted by Crippen LogP contribution is -2.25. The third kappa shape index (κ3) is 4.00. The molecule has 5 heteroatoms. The standard InChI is InChI=1S/C14H24N4S/c1-4-15-12-9-13(17-14(16-12)19-3)18(2)10-11-7-5-6-8-11/h9,11H,4-8,10H2,1-3H3,(H,15,16,17). The Morgan fingerprint density at radius 1 is 1.37 bits per heavy atom. The highest BCUT2D eigenvalue weighted by Gasteiger charge is 2.18. The van der Waals surface area contributed by atoms with E-state index in [2.05, 4.69) is 40.2 Å². The summed E-state index contributed by atoms with van der Waals surface area (Å²) in [5, 5.41) is 4.12. The molecule has 19 heavy (non-hydrogen) atoms. The summed E-state index contributed by atoms with van der Waals surface area (Å²) < 4.78 is 0. The van der Waals surface area contributed by atoms with Gasteiger partial charge in [0.2, 0.25) is 0 Å². The van der Waals surface area contributed by atoms with Gasteiger partial charge < -0.3 is 10.2 Å². The van der Waals surface area contributed by atoms with Crippen LogP contribution in [0.15, 0.2) is 11.2 Å². The molecule has 0 atom stereocenters. The Hall–Kier alpha value is -0.970. The molecule has 0 saturated heterocycles. The highest BCUT2D eigenvalue weighted by atomic mass is 32.2. The molecular formula is C14H24N4S. The number of anilines is 2. The quantitative estimate of drug-likeness (QED) is 0.640. The molecule has 1 fully saturated rings. The predicted molar refractivity (Wildman–Crippen MR) is 83.2 cm³/mol. The van der Waals surface area contributed by atoms with Crippen LogP contribution < -0.4 is 10.2 Å². The van der Waals surface area contributed by atoms with Gasteiger partial charge >= 0.3 is 0 Å². The molecule has 1 heterocycles. The van der Waals surface area contributed by atoms with Crippen LogP contribution in [-0.2, 0) is 0 Å². The number of hydrogen-bond donors (Lipinski definition) is 1. The van der Waals surface area contributed by atoms with Gasteiger partial charge in [-0.2, -0.15) is 0 Å². The van der Waals surface area contributed by atoms with E-state index in [1.54, 1.807) is 11.8 Å².